The number of carbonyl (C=O) groups excluding carboxylic acids is 1. The third-order valence-electron chi connectivity index (χ3n) is 4.84. The van der Waals surface area contributed by atoms with Crippen LogP contribution in [0.15, 0.2) is 55.1 Å². The Hall–Kier alpha value is -1.31. The molecule has 3 nitrogen and oxygen atoms in total. The number of fused-ring (bicyclic) bond motifs is 3. The van der Waals surface area contributed by atoms with Gasteiger partial charge >= 0.3 is 5.97 Å². The molecular weight excluding hydrogens is 497 g/mol. The molecule has 2 heterocycles. The molecule has 1 aliphatic heterocycles. The van der Waals surface area contributed by atoms with Crippen molar-refractivity contribution in [2.75, 3.05) is 7.11 Å². The van der Waals surface area contributed by atoms with Crippen molar-refractivity contribution in [1.82, 2.24) is 4.57 Å². The smallest absolute Gasteiger partial charge is 0.306 e. The summed E-state index contributed by atoms with van der Waals surface area (Å²) in [5, 5.41) is 0.994. The summed E-state index contributed by atoms with van der Waals surface area (Å²) in [6.07, 6.45) is 1.18. The largest absolute Gasteiger partial charge is 0.469 e. The van der Waals surface area contributed by atoms with Gasteiger partial charge in [0.1, 0.15) is 5.82 Å². The molecule has 0 bridgehead atoms. The Morgan fingerprint density at radius 1 is 1.30 bits per heavy atom. The highest BCUT2D eigenvalue weighted by Gasteiger charge is 2.32. The number of aryl methyl sites for hydroxylation is 1. The van der Waals surface area contributed by atoms with E-state index < -0.39 is 0 Å². The lowest BCUT2D eigenvalue weighted by molar-refractivity contribution is -0.141. The molecule has 0 radical (unpaired) electrons. The van der Waals surface area contributed by atoms with Gasteiger partial charge in [-0.15, -0.1) is 0 Å². The molecule has 0 aliphatic carbocycles. The van der Waals surface area contributed by atoms with Crippen molar-refractivity contribution in [1.29, 1.82) is 0 Å². The highest BCUT2D eigenvalue weighted by atomic mass is 79.9. The number of nitrogens with zero attached hydrogens (tertiary/aromatic N) is 1. The van der Waals surface area contributed by atoms with Gasteiger partial charge in [-0.3, -0.25) is 4.79 Å². The van der Waals surface area contributed by atoms with Crippen LogP contribution in [-0.4, -0.2) is 17.6 Å². The van der Waals surface area contributed by atoms with E-state index in [1.165, 1.54) is 13.2 Å². The highest BCUT2D eigenvalue weighted by Crippen LogP contribution is 2.48. The van der Waals surface area contributed by atoms with Crippen molar-refractivity contribution >= 4 is 60.5 Å². The molecule has 0 fully saturated rings. The quantitative estimate of drug-likeness (QED) is 0.373. The normalized spacial score (nSPS) is 15.9. The summed E-state index contributed by atoms with van der Waals surface area (Å²) in [4.78, 5) is 14.1. The van der Waals surface area contributed by atoms with E-state index in [2.05, 4.69) is 36.4 Å². The fourth-order valence-electron chi connectivity index (χ4n) is 3.65. The molecule has 4 rings (SSSR count). The van der Waals surface area contributed by atoms with Gasteiger partial charge in [-0.1, -0.05) is 27.7 Å². The summed E-state index contributed by atoms with van der Waals surface area (Å²) in [7, 11) is 1.41. The lowest BCUT2D eigenvalue weighted by Crippen LogP contribution is -2.07. The second-order valence-corrected chi connectivity index (χ2v) is 9.32. The molecule has 0 amide bonds. The van der Waals surface area contributed by atoms with Crippen LogP contribution in [0.5, 0.6) is 0 Å². The summed E-state index contributed by atoms with van der Waals surface area (Å²) in [6.45, 7) is 0.768. The Kier molecular flexibility index (Phi) is 5.36. The molecule has 0 saturated carbocycles. The molecule has 2 aromatic carbocycles. The number of carbonyl (C=O) groups is 1. The number of aromatic nitrogens is 1. The van der Waals surface area contributed by atoms with Crippen molar-refractivity contribution in [3.8, 4) is 0 Å². The molecule has 0 N–H and O–H groups in total. The van der Waals surface area contributed by atoms with Crippen LogP contribution in [0.4, 0.5) is 4.39 Å². The van der Waals surface area contributed by atoms with Crippen molar-refractivity contribution < 1.29 is 13.9 Å². The van der Waals surface area contributed by atoms with E-state index in [9.17, 15) is 9.18 Å². The molecule has 0 saturated heterocycles. The maximum Gasteiger partial charge on any atom is 0.306 e. The Labute approximate surface area is 177 Å². The Morgan fingerprint density at radius 2 is 2.04 bits per heavy atom. The first-order chi connectivity index (χ1) is 13.0. The van der Waals surface area contributed by atoms with Crippen LogP contribution in [0.25, 0.3) is 10.9 Å². The van der Waals surface area contributed by atoms with Gasteiger partial charge in [0.25, 0.3) is 0 Å². The second kappa shape index (κ2) is 7.60. The molecule has 0 unspecified atom stereocenters. The summed E-state index contributed by atoms with van der Waals surface area (Å²) in [5.41, 5.74) is 1.96. The lowest BCUT2D eigenvalue weighted by atomic mass is 10.00. The molecule has 1 atom stereocenters. The minimum Gasteiger partial charge on any atom is -0.469 e. The first-order valence-corrected chi connectivity index (χ1v) is 10.9. The third kappa shape index (κ3) is 3.57. The Bertz CT molecular complexity index is 1030. The highest BCUT2D eigenvalue weighted by molar-refractivity contribution is 9.11. The lowest BCUT2D eigenvalue weighted by Gasteiger charge is -2.12. The maximum absolute atomic E-state index is 14.1. The third-order valence-corrected chi connectivity index (χ3v) is 7.12. The Morgan fingerprint density at radius 3 is 2.74 bits per heavy atom. The number of hydrogen-bond acceptors (Lipinski definition) is 3. The van der Waals surface area contributed by atoms with Crippen LogP contribution in [0.2, 0.25) is 0 Å². The monoisotopic (exact) mass is 511 g/mol. The summed E-state index contributed by atoms with van der Waals surface area (Å²) >= 11 is 8.66. The summed E-state index contributed by atoms with van der Waals surface area (Å²) in [5.74, 6) is -0.424. The zero-order valence-corrected chi connectivity index (χ0v) is 18.5. The number of esters is 1. The minimum absolute atomic E-state index is 0.0674. The average Bonchev–Trinajstić information content (AvgIpc) is 3.17. The van der Waals surface area contributed by atoms with Gasteiger partial charge in [0.2, 0.25) is 0 Å². The van der Waals surface area contributed by atoms with E-state index in [1.54, 1.807) is 17.8 Å². The van der Waals surface area contributed by atoms with Crippen LogP contribution in [-0.2, 0) is 16.1 Å². The van der Waals surface area contributed by atoms with Gasteiger partial charge in [0.05, 0.1) is 19.0 Å². The van der Waals surface area contributed by atoms with Gasteiger partial charge in [-0.2, -0.15) is 0 Å². The van der Waals surface area contributed by atoms with Crippen LogP contribution >= 0.6 is 43.6 Å². The average molecular weight is 513 g/mol. The SMILES string of the molecule is COC(=O)C[C@H]1CCn2c1c(Sc1ccc(Br)cc1)c1c(Br)cc(F)cc12. The molecule has 3 aromatic rings. The van der Waals surface area contributed by atoms with E-state index >= 15 is 0 Å². The molecule has 0 spiro atoms. The van der Waals surface area contributed by atoms with Gasteiger partial charge < -0.3 is 9.30 Å². The number of hydrogen-bond donors (Lipinski definition) is 0. The van der Waals surface area contributed by atoms with E-state index in [1.807, 2.05) is 24.3 Å². The fourth-order valence-corrected chi connectivity index (χ4v) is 5.87. The number of halogens is 3. The van der Waals surface area contributed by atoms with E-state index in [0.717, 1.165) is 48.3 Å². The predicted octanol–water partition coefficient (Wildman–Crippen LogP) is 6.51. The number of rotatable bonds is 4. The first kappa shape index (κ1) is 19.0. The molecule has 140 valence electrons. The summed E-state index contributed by atoms with van der Waals surface area (Å²) in [6, 6.07) is 11.2. The molecular formula is C20H16Br2FNO2S. The second-order valence-electron chi connectivity index (χ2n) is 6.47. The van der Waals surface area contributed by atoms with Crippen LogP contribution in [0.1, 0.15) is 24.5 Å². The van der Waals surface area contributed by atoms with Crippen LogP contribution in [0.3, 0.4) is 0 Å². The zero-order valence-electron chi connectivity index (χ0n) is 14.5. The van der Waals surface area contributed by atoms with Crippen molar-refractivity contribution in [3.05, 3.63) is 56.9 Å². The zero-order chi connectivity index (χ0) is 19.1. The van der Waals surface area contributed by atoms with E-state index in [0.29, 0.717) is 6.42 Å². The standard InChI is InChI=1S/C20H16Br2FNO2S/c1-26-17(25)8-11-6-7-24-16-10-13(23)9-15(22)18(16)20(19(11)24)27-14-4-2-12(21)3-5-14/h2-5,9-11H,6-8H2,1H3/t11-/m1/s1. The first-order valence-electron chi connectivity index (χ1n) is 8.49. The van der Waals surface area contributed by atoms with Gasteiger partial charge in [0, 0.05) is 42.3 Å². The summed E-state index contributed by atoms with van der Waals surface area (Å²) < 4.78 is 22.9. The van der Waals surface area contributed by atoms with Gasteiger partial charge in [-0.25, -0.2) is 4.39 Å². The van der Waals surface area contributed by atoms with E-state index in [4.69, 9.17) is 4.74 Å². The van der Waals surface area contributed by atoms with Crippen molar-refractivity contribution in [3.63, 3.8) is 0 Å². The molecule has 7 heteroatoms. The number of ether oxygens (including phenoxy) is 1. The molecule has 1 aromatic heterocycles. The molecule has 27 heavy (non-hydrogen) atoms. The van der Waals surface area contributed by atoms with E-state index in [-0.39, 0.29) is 17.7 Å². The predicted molar refractivity (Wildman–Crippen MR) is 112 cm³/mol. The molecule has 1 aliphatic rings. The van der Waals surface area contributed by atoms with Crippen LogP contribution in [0, 0.1) is 5.82 Å². The Balaban J connectivity index is 1.88. The number of benzene rings is 2. The van der Waals surface area contributed by atoms with Crippen molar-refractivity contribution in [2.24, 2.45) is 0 Å². The minimum atomic E-state index is -0.272. The van der Waals surface area contributed by atoms with Gasteiger partial charge in [0.15, 0.2) is 0 Å². The number of methoxy groups -OCH3 is 1. The maximum atomic E-state index is 14.1. The topological polar surface area (TPSA) is 31.2 Å². The van der Waals surface area contributed by atoms with Crippen molar-refractivity contribution in [2.45, 2.75) is 35.1 Å². The van der Waals surface area contributed by atoms with Crippen LogP contribution < -0.4 is 0 Å². The fraction of sp³-hybridized carbons (Fsp3) is 0.250. The van der Waals surface area contributed by atoms with Gasteiger partial charge in [-0.05, 0) is 58.7 Å².